The Morgan fingerprint density at radius 3 is 2.62 bits per heavy atom. The summed E-state index contributed by atoms with van der Waals surface area (Å²) >= 11 is 0. The number of nitrogens with one attached hydrogen (secondary N) is 2. The summed E-state index contributed by atoms with van der Waals surface area (Å²) < 4.78 is 26.3. The molecule has 4 rings (SSSR count). The van der Waals surface area contributed by atoms with Crippen molar-refractivity contribution in [2.75, 3.05) is 17.2 Å². The van der Waals surface area contributed by atoms with E-state index >= 15 is 0 Å². The molecule has 0 spiro atoms. The first-order valence-corrected chi connectivity index (χ1v) is 8.76. The van der Waals surface area contributed by atoms with Gasteiger partial charge in [-0.3, -0.25) is 9.78 Å². The van der Waals surface area contributed by atoms with Gasteiger partial charge in [0.25, 0.3) is 0 Å². The van der Waals surface area contributed by atoms with Crippen molar-refractivity contribution in [1.29, 1.82) is 0 Å². The van der Waals surface area contributed by atoms with Gasteiger partial charge in [-0.25, -0.2) is 18.7 Å². The number of halogens is 2. The van der Waals surface area contributed by atoms with Gasteiger partial charge in [-0.1, -0.05) is 12.1 Å². The largest absolute Gasteiger partial charge is 0.360 e. The molecule has 6 nitrogen and oxygen atoms in total. The number of amides is 1. The van der Waals surface area contributed by atoms with Gasteiger partial charge >= 0.3 is 0 Å². The van der Waals surface area contributed by atoms with E-state index in [1.807, 2.05) is 30.3 Å². The summed E-state index contributed by atoms with van der Waals surface area (Å²) in [6.07, 6.45) is 3.32. The molecule has 0 aliphatic rings. The van der Waals surface area contributed by atoms with Crippen LogP contribution in [-0.4, -0.2) is 27.4 Å². The van der Waals surface area contributed by atoms with Crippen molar-refractivity contribution in [3.05, 3.63) is 78.6 Å². The first-order valence-electron chi connectivity index (χ1n) is 8.76. The lowest BCUT2D eigenvalue weighted by Gasteiger charge is -2.11. The molecule has 2 N–H and O–H groups in total. The van der Waals surface area contributed by atoms with Gasteiger partial charge in [-0.15, -0.1) is 0 Å². The SMILES string of the molecule is O=C(CNc1nc(-c2cccnc2)nc2ccccc12)Nc1ccc(F)c(F)c1. The molecule has 0 aliphatic heterocycles. The van der Waals surface area contributed by atoms with Crippen LogP contribution in [0.5, 0.6) is 0 Å². The molecule has 0 saturated heterocycles. The molecule has 29 heavy (non-hydrogen) atoms. The van der Waals surface area contributed by atoms with Gasteiger partial charge in [-0.2, -0.15) is 0 Å². The summed E-state index contributed by atoms with van der Waals surface area (Å²) in [6.45, 7) is -0.119. The fourth-order valence-electron chi connectivity index (χ4n) is 2.78. The summed E-state index contributed by atoms with van der Waals surface area (Å²) in [5, 5.41) is 6.26. The molecular weight excluding hydrogens is 376 g/mol. The number of rotatable bonds is 5. The Hall–Kier alpha value is -3.94. The number of para-hydroxylation sites is 1. The lowest BCUT2D eigenvalue weighted by atomic mass is 10.2. The molecule has 8 heteroatoms. The van der Waals surface area contributed by atoms with E-state index in [9.17, 15) is 13.6 Å². The number of pyridine rings is 1. The van der Waals surface area contributed by atoms with E-state index in [0.717, 1.165) is 23.1 Å². The maximum Gasteiger partial charge on any atom is 0.243 e. The second kappa shape index (κ2) is 7.97. The average molecular weight is 391 g/mol. The number of anilines is 2. The Morgan fingerprint density at radius 1 is 0.966 bits per heavy atom. The maximum atomic E-state index is 13.3. The first-order chi connectivity index (χ1) is 14.1. The van der Waals surface area contributed by atoms with Crippen molar-refractivity contribution in [1.82, 2.24) is 15.0 Å². The Kier molecular flexibility index (Phi) is 5.07. The fourth-order valence-corrected chi connectivity index (χ4v) is 2.78. The van der Waals surface area contributed by atoms with Crippen molar-refractivity contribution in [2.24, 2.45) is 0 Å². The molecule has 0 bridgehead atoms. The molecule has 144 valence electrons. The molecule has 0 fully saturated rings. The smallest absolute Gasteiger partial charge is 0.243 e. The topological polar surface area (TPSA) is 79.8 Å². The zero-order chi connectivity index (χ0) is 20.2. The quantitative estimate of drug-likeness (QED) is 0.537. The highest BCUT2D eigenvalue weighted by molar-refractivity contribution is 5.96. The molecule has 4 aromatic rings. The van der Waals surface area contributed by atoms with E-state index in [1.165, 1.54) is 6.07 Å². The van der Waals surface area contributed by atoms with E-state index < -0.39 is 17.5 Å². The number of hydrogen-bond donors (Lipinski definition) is 2. The van der Waals surface area contributed by atoms with Gasteiger partial charge < -0.3 is 10.6 Å². The van der Waals surface area contributed by atoms with Crippen LogP contribution < -0.4 is 10.6 Å². The molecular formula is C21H15F2N5O. The van der Waals surface area contributed by atoms with Gasteiger partial charge in [-0.05, 0) is 36.4 Å². The van der Waals surface area contributed by atoms with E-state index in [0.29, 0.717) is 17.2 Å². The normalized spacial score (nSPS) is 10.7. The summed E-state index contributed by atoms with van der Waals surface area (Å²) in [7, 11) is 0. The van der Waals surface area contributed by atoms with Crippen LogP contribution in [0, 0.1) is 11.6 Å². The van der Waals surface area contributed by atoms with E-state index in [4.69, 9.17) is 0 Å². The third kappa shape index (κ3) is 4.16. The molecule has 2 heterocycles. The highest BCUT2D eigenvalue weighted by atomic mass is 19.2. The van der Waals surface area contributed by atoms with Gasteiger partial charge in [0, 0.05) is 35.1 Å². The minimum absolute atomic E-state index is 0.119. The number of benzene rings is 2. The second-order valence-corrected chi connectivity index (χ2v) is 6.19. The first kappa shape index (κ1) is 18.4. The second-order valence-electron chi connectivity index (χ2n) is 6.19. The molecule has 1 amide bonds. The van der Waals surface area contributed by atoms with Crippen LogP contribution in [0.3, 0.4) is 0 Å². The number of hydrogen-bond acceptors (Lipinski definition) is 5. The van der Waals surface area contributed by atoms with Crippen molar-refractivity contribution in [2.45, 2.75) is 0 Å². The molecule has 0 unspecified atom stereocenters. The molecule has 0 aliphatic carbocycles. The maximum absolute atomic E-state index is 13.3. The Bertz CT molecular complexity index is 1180. The summed E-state index contributed by atoms with van der Waals surface area (Å²) in [4.78, 5) is 25.4. The van der Waals surface area contributed by atoms with Crippen molar-refractivity contribution in [3.8, 4) is 11.4 Å². The zero-order valence-corrected chi connectivity index (χ0v) is 15.1. The summed E-state index contributed by atoms with van der Waals surface area (Å²) in [5.41, 5.74) is 1.62. The molecule has 0 saturated carbocycles. The van der Waals surface area contributed by atoms with Crippen molar-refractivity contribution in [3.63, 3.8) is 0 Å². The molecule has 2 aromatic carbocycles. The summed E-state index contributed by atoms with van der Waals surface area (Å²) in [5.74, 6) is -1.48. The number of carbonyl (C=O) groups is 1. The van der Waals surface area contributed by atoms with Crippen LogP contribution >= 0.6 is 0 Å². The minimum Gasteiger partial charge on any atom is -0.360 e. The van der Waals surface area contributed by atoms with Gasteiger partial charge in [0.1, 0.15) is 5.82 Å². The molecule has 2 aromatic heterocycles. The average Bonchev–Trinajstić information content (AvgIpc) is 2.75. The van der Waals surface area contributed by atoms with Crippen LogP contribution in [-0.2, 0) is 4.79 Å². The monoisotopic (exact) mass is 391 g/mol. The van der Waals surface area contributed by atoms with Crippen LogP contribution in [0.2, 0.25) is 0 Å². The number of nitrogens with zero attached hydrogens (tertiary/aromatic N) is 3. The van der Waals surface area contributed by atoms with Crippen LogP contribution in [0.4, 0.5) is 20.3 Å². The summed E-state index contributed by atoms with van der Waals surface area (Å²) in [6, 6.07) is 14.2. The Labute approximate surface area is 164 Å². The van der Waals surface area contributed by atoms with E-state index in [2.05, 4.69) is 25.6 Å². The third-order valence-corrected chi connectivity index (χ3v) is 4.14. The van der Waals surface area contributed by atoms with Crippen molar-refractivity contribution >= 4 is 28.3 Å². The van der Waals surface area contributed by atoms with Crippen LogP contribution in [0.25, 0.3) is 22.3 Å². The van der Waals surface area contributed by atoms with E-state index in [-0.39, 0.29) is 12.2 Å². The standard InChI is InChI=1S/C21H15F2N5O/c22-16-8-7-14(10-17(16)23)26-19(29)12-25-21-15-5-1-2-6-18(15)27-20(28-21)13-4-3-9-24-11-13/h1-11H,12H2,(H,26,29)(H,25,27,28). The molecule has 0 radical (unpaired) electrons. The van der Waals surface area contributed by atoms with E-state index in [1.54, 1.807) is 18.5 Å². The predicted molar refractivity (Wildman–Crippen MR) is 106 cm³/mol. The van der Waals surface area contributed by atoms with Crippen LogP contribution in [0.15, 0.2) is 67.0 Å². The highest BCUT2D eigenvalue weighted by Gasteiger charge is 2.11. The van der Waals surface area contributed by atoms with Gasteiger partial charge in [0.05, 0.1) is 12.1 Å². The zero-order valence-electron chi connectivity index (χ0n) is 15.1. The Morgan fingerprint density at radius 2 is 1.83 bits per heavy atom. The predicted octanol–water partition coefficient (Wildman–Crippen LogP) is 4.02. The highest BCUT2D eigenvalue weighted by Crippen LogP contribution is 2.24. The van der Waals surface area contributed by atoms with Crippen molar-refractivity contribution < 1.29 is 13.6 Å². The lowest BCUT2D eigenvalue weighted by molar-refractivity contribution is -0.114. The van der Waals surface area contributed by atoms with Gasteiger partial charge in [0.2, 0.25) is 5.91 Å². The minimum atomic E-state index is -1.03. The number of fused-ring (bicyclic) bond motifs is 1. The number of aromatic nitrogens is 3. The third-order valence-electron chi connectivity index (χ3n) is 4.14. The number of carbonyl (C=O) groups excluding carboxylic acids is 1. The lowest BCUT2D eigenvalue weighted by Crippen LogP contribution is -2.22. The Balaban J connectivity index is 1.56. The fraction of sp³-hybridized carbons (Fsp3) is 0.0476. The van der Waals surface area contributed by atoms with Gasteiger partial charge in [0.15, 0.2) is 17.5 Å². The molecule has 0 atom stereocenters. The van der Waals surface area contributed by atoms with Crippen LogP contribution in [0.1, 0.15) is 0 Å².